The van der Waals surface area contributed by atoms with Crippen LogP contribution in [-0.2, 0) is 27.2 Å². The number of nitrogens with zero attached hydrogens (tertiary/aromatic N) is 2. The number of morpholine rings is 1. The van der Waals surface area contributed by atoms with Crippen molar-refractivity contribution in [2.45, 2.75) is 32.9 Å². The van der Waals surface area contributed by atoms with Gasteiger partial charge in [-0.3, -0.25) is 9.69 Å². The van der Waals surface area contributed by atoms with Crippen LogP contribution in [0.15, 0.2) is 53.9 Å². The third-order valence-corrected chi connectivity index (χ3v) is 6.24. The summed E-state index contributed by atoms with van der Waals surface area (Å²) >= 11 is 1.53. The van der Waals surface area contributed by atoms with Crippen LogP contribution in [0.2, 0.25) is 0 Å². The van der Waals surface area contributed by atoms with Crippen molar-refractivity contribution < 1.29 is 19.1 Å². The van der Waals surface area contributed by atoms with Crippen molar-refractivity contribution in [1.29, 1.82) is 0 Å². The smallest absolute Gasteiger partial charge is 0.338 e. The second kappa shape index (κ2) is 11.4. The largest absolute Gasteiger partial charge is 0.459 e. The Hall–Kier alpha value is -3.07. The molecule has 7 nitrogen and oxygen atoms in total. The molecule has 0 radical (unpaired) electrons. The molecule has 0 aliphatic carbocycles. The molecular formula is C26H29N3O4S. The topological polar surface area (TPSA) is 80.8 Å². The van der Waals surface area contributed by atoms with Gasteiger partial charge in [-0.05, 0) is 43.7 Å². The van der Waals surface area contributed by atoms with Crippen LogP contribution in [-0.4, -0.2) is 54.2 Å². The van der Waals surface area contributed by atoms with E-state index >= 15 is 0 Å². The van der Waals surface area contributed by atoms with E-state index in [-0.39, 0.29) is 18.4 Å². The van der Waals surface area contributed by atoms with Crippen molar-refractivity contribution in [1.82, 2.24) is 9.88 Å². The van der Waals surface area contributed by atoms with Gasteiger partial charge in [-0.1, -0.05) is 24.3 Å². The lowest BCUT2D eigenvalue weighted by Crippen LogP contribution is -2.35. The summed E-state index contributed by atoms with van der Waals surface area (Å²) in [5.41, 5.74) is 3.96. The number of hydrogen-bond donors (Lipinski definition) is 1. The molecule has 4 rings (SSSR count). The maximum Gasteiger partial charge on any atom is 0.338 e. The van der Waals surface area contributed by atoms with Gasteiger partial charge in [-0.2, -0.15) is 0 Å². The molecule has 1 aliphatic rings. The number of anilines is 1. The number of carbonyl (C=O) groups is 2. The first-order chi connectivity index (χ1) is 16.5. The van der Waals surface area contributed by atoms with Gasteiger partial charge in [0.2, 0.25) is 5.91 Å². The zero-order valence-electron chi connectivity index (χ0n) is 19.5. The van der Waals surface area contributed by atoms with Crippen molar-refractivity contribution in [2.75, 3.05) is 31.6 Å². The molecular weight excluding hydrogens is 450 g/mol. The molecule has 34 heavy (non-hydrogen) atoms. The SMILES string of the molecule is CC(C)OC(=O)c1cccc(NC(=O)Cc2csc(-c3cccc(CN4CCOCC4)c3)n2)c1. The Morgan fingerprint density at radius 1 is 1.15 bits per heavy atom. The zero-order chi connectivity index (χ0) is 23.9. The van der Waals surface area contributed by atoms with E-state index in [0.29, 0.717) is 16.9 Å². The predicted molar refractivity (Wildman–Crippen MR) is 133 cm³/mol. The minimum absolute atomic E-state index is 0.157. The zero-order valence-corrected chi connectivity index (χ0v) is 20.3. The first-order valence-corrected chi connectivity index (χ1v) is 12.3. The first kappa shape index (κ1) is 24.1. The first-order valence-electron chi connectivity index (χ1n) is 11.4. The maximum atomic E-state index is 12.6. The Bertz CT molecular complexity index is 1140. The molecule has 0 spiro atoms. The number of ether oxygens (including phenoxy) is 2. The van der Waals surface area contributed by atoms with E-state index in [9.17, 15) is 9.59 Å². The third kappa shape index (κ3) is 6.72. The molecule has 1 saturated heterocycles. The highest BCUT2D eigenvalue weighted by molar-refractivity contribution is 7.13. The number of benzene rings is 2. The molecule has 1 aromatic heterocycles. The Labute approximate surface area is 203 Å². The van der Waals surface area contributed by atoms with Gasteiger partial charge >= 0.3 is 5.97 Å². The highest BCUT2D eigenvalue weighted by Crippen LogP contribution is 2.25. The van der Waals surface area contributed by atoms with E-state index in [0.717, 1.165) is 43.4 Å². The number of aromatic nitrogens is 1. The van der Waals surface area contributed by atoms with E-state index in [1.54, 1.807) is 38.1 Å². The summed E-state index contributed by atoms with van der Waals surface area (Å²) < 4.78 is 10.6. The highest BCUT2D eigenvalue weighted by Gasteiger charge is 2.14. The number of amides is 1. The van der Waals surface area contributed by atoms with Gasteiger partial charge in [0, 0.05) is 36.3 Å². The van der Waals surface area contributed by atoms with E-state index in [1.165, 1.54) is 16.9 Å². The van der Waals surface area contributed by atoms with E-state index in [1.807, 2.05) is 11.4 Å². The van der Waals surface area contributed by atoms with E-state index in [2.05, 4.69) is 33.4 Å². The highest BCUT2D eigenvalue weighted by atomic mass is 32.1. The van der Waals surface area contributed by atoms with Gasteiger partial charge in [-0.15, -0.1) is 11.3 Å². The lowest BCUT2D eigenvalue weighted by molar-refractivity contribution is -0.115. The number of thiazole rings is 1. The standard InChI is InChI=1S/C26H29N3O4S/c1-18(2)33-26(31)21-7-4-8-22(14-21)27-24(30)15-23-17-34-25(28-23)20-6-3-5-19(13-20)16-29-9-11-32-12-10-29/h3-8,13-14,17-18H,9-12,15-16H2,1-2H3,(H,27,30). The Morgan fingerprint density at radius 3 is 2.74 bits per heavy atom. The second-order valence-corrected chi connectivity index (χ2v) is 9.35. The van der Waals surface area contributed by atoms with Crippen LogP contribution in [0, 0.1) is 0 Å². The van der Waals surface area contributed by atoms with Crippen LogP contribution in [0.4, 0.5) is 5.69 Å². The van der Waals surface area contributed by atoms with Crippen molar-refractivity contribution in [2.24, 2.45) is 0 Å². The van der Waals surface area contributed by atoms with Crippen LogP contribution in [0.3, 0.4) is 0 Å². The molecule has 2 heterocycles. The lowest BCUT2D eigenvalue weighted by atomic mass is 10.1. The van der Waals surface area contributed by atoms with Crippen LogP contribution >= 0.6 is 11.3 Å². The monoisotopic (exact) mass is 479 g/mol. The van der Waals surface area contributed by atoms with Gasteiger partial charge in [0.25, 0.3) is 0 Å². The number of rotatable bonds is 8. The summed E-state index contributed by atoms with van der Waals surface area (Å²) in [4.78, 5) is 31.8. The van der Waals surface area contributed by atoms with Crippen molar-refractivity contribution in [3.63, 3.8) is 0 Å². The predicted octanol–water partition coefficient (Wildman–Crippen LogP) is 4.39. The maximum absolute atomic E-state index is 12.6. The number of carbonyl (C=O) groups excluding carboxylic acids is 2. The van der Waals surface area contributed by atoms with Crippen molar-refractivity contribution >= 4 is 28.9 Å². The summed E-state index contributed by atoms with van der Waals surface area (Å²) in [6, 6.07) is 15.2. The van der Waals surface area contributed by atoms with Crippen molar-refractivity contribution in [3.05, 3.63) is 70.7 Å². The average molecular weight is 480 g/mol. The minimum Gasteiger partial charge on any atom is -0.459 e. The van der Waals surface area contributed by atoms with Crippen LogP contribution in [0.25, 0.3) is 10.6 Å². The van der Waals surface area contributed by atoms with Crippen LogP contribution < -0.4 is 5.32 Å². The normalized spacial score (nSPS) is 14.2. The van der Waals surface area contributed by atoms with Crippen molar-refractivity contribution in [3.8, 4) is 10.6 Å². The van der Waals surface area contributed by atoms with Gasteiger partial charge in [0.15, 0.2) is 0 Å². The molecule has 0 saturated carbocycles. The molecule has 0 unspecified atom stereocenters. The van der Waals surface area contributed by atoms with E-state index < -0.39 is 5.97 Å². The Morgan fingerprint density at radius 2 is 1.94 bits per heavy atom. The van der Waals surface area contributed by atoms with Gasteiger partial charge in [-0.25, -0.2) is 9.78 Å². The summed E-state index contributed by atoms with van der Waals surface area (Å²) in [5, 5.41) is 5.66. The molecule has 1 amide bonds. The molecule has 3 aromatic rings. The molecule has 0 atom stereocenters. The fraction of sp³-hybridized carbons (Fsp3) is 0.346. The fourth-order valence-corrected chi connectivity index (χ4v) is 4.53. The number of esters is 1. The van der Waals surface area contributed by atoms with Gasteiger partial charge < -0.3 is 14.8 Å². The Balaban J connectivity index is 1.36. The minimum atomic E-state index is -0.411. The Kier molecular flexibility index (Phi) is 8.05. The average Bonchev–Trinajstić information content (AvgIpc) is 3.28. The van der Waals surface area contributed by atoms with Gasteiger partial charge in [0.05, 0.1) is 37.0 Å². The fourth-order valence-electron chi connectivity index (χ4n) is 3.72. The van der Waals surface area contributed by atoms with Crippen LogP contribution in [0.5, 0.6) is 0 Å². The summed E-state index contributed by atoms with van der Waals surface area (Å²) in [7, 11) is 0. The molecule has 8 heteroatoms. The quantitative estimate of drug-likeness (QED) is 0.483. The molecule has 178 valence electrons. The lowest BCUT2D eigenvalue weighted by Gasteiger charge is -2.26. The summed E-state index contributed by atoms with van der Waals surface area (Å²) in [5.74, 6) is -0.599. The summed E-state index contributed by atoms with van der Waals surface area (Å²) in [6.45, 7) is 7.94. The molecule has 1 N–H and O–H groups in total. The molecule has 2 aromatic carbocycles. The third-order valence-electron chi connectivity index (χ3n) is 5.30. The molecule has 0 bridgehead atoms. The van der Waals surface area contributed by atoms with Crippen LogP contribution in [0.1, 0.15) is 35.5 Å². The summed E-state index contributed by atoms with van der Waals surface area (Å²) in [6.07, 6.45) is -0.0466. The molecule has 1 aliphatic heterocycles. The van der Waals surface area contributed by atoms with Gasteiger partial charge in [0.1, 0.15) is 5.01 Å². The number of hydrogen-bond acceptors (Lipinski definition) is 7. The molecule has 1 fully saturated rings. The number of nitrogens with one attached hydrogen (secondary N) is 1. The second-order valence-electron chi connectivity index (χ2n) is 8.49. The van der Waals surface area contributed by atoms with E-state index in [4.69, 9.17) is 9.47 Å².